The van der Waals surface area contributed by atoms with Crippen molar-refractivity contribution in [2.75, 3.05) is 5.75 Å². The zero-order chi connectivity index (χ0) is 12.4. The molecule has 2 rings (SSSR count). The van der Waals surface area contributed by atoms with Crippen molar-refractivity contribution in [1.29, 1.82) is 0 Å². The van der Waals surface area contributed by atoms with Gasteiger partial charge in [-0.1, -0.05) is 11.8 Å². The van der Waals surface area contributed by atoms with E-state index >= 15 is 0 Å². The summed E-state index contributed by atoms with van der Waals surface area (Å²) in [7, 11) is 1.84. The van der Waals surface area contributed by atoms with Crippen LogP contribution in [0.5, 0.6) is 0 Å². The summed E-state index contributed by atoms with van der Waals surface area (Å²) in [6.45, 7) is 1.86. The Labute approximate surface area is 102 Å². The van der Waals surface area contributed by atoms with Crippen LogP contribution in [0.3, 0.4) is 0 Å². The van der Waals surface area contributed by atoms with Crippen LogP contribution in [0, 0.1) is 6.92 Å². The summed E-state index contributed by atoms with van der Waals surface area (Å²) < 4.78 is 7.03. The first-order chi connectivity index (χ1) is 8.09. The molecule has 0 bridgehead atoms. The number of amides is 1. The van der Waals surface area contributed by atoms with Crippen LogP contribution in [0.2, 0.25) is 0 Å². The van der Waals surface area contributed by atoms with E-state index in [0.717, 1.165) is 11.3 Å². The number of thioether (sulfide) groups is 1. The third kappa shape index (κ3) is 2.33. The molecule has 2 aromatic rings. The van der Waals surface area contributed by atoms with E-state index < -0.39 is 0 Å². The number of primary amides is 1. The average molecular weight is 252 g/mol. The van der Waals surface area contributed by atoms with Gasteiger partial charge >= 0.3 is 0 Å². The predicted molar refractivity (Wildman–Crippen MR) is 63.4 cm³/mol. The maximum Gasteiger partial charge on any atom is 0.227 e. The Morgan fingerprint density at radius 1 is 1.59 bits per heavy atom. The second-order valence-electron chi connectivity index (χ2n) is 3.51. The fraction of sp³-hybridized carbons (Fsp3) is 0.300. The molecule has 0 aliphatic carbocycles. The van der Waals surface area contributed by atoms with E-state index in [9.17, 15) is 4.79 Å². The van der Waals surface area contributed by atoms with Gasteiger partial charge < -0.3 is 14.7 Å². The molecule has 0 aromatic carbocycles. The molecule has 0 saturated carbocycles. The topological polar surface area (TPSA) is 86.9 Å². The molecule has 17 heavy (non-hydrogen) atoms. The third-order valence-electron chi connectivity index (χ3n) is 2.28. The Balaban J connectivity index is 2.27. The molecule has 0 atom stereocenters. The Morgan fingerprint density at radius 2 is 2.35 bits per heavy atom. The number of rotatable bonds is 4. The van der Waals surface area contributed by atoms with E-state index in [1.807, 2.05) is 24.6 Å². The zero-order valence-corrected chi connectivity index (χ0v) is 10.3. The first-order valence-corrected chi connectivity index (χ1v) is 5.93. The highest BCUT2D eigenvalue weighted by Crippen LogP contribution is 2.25. The second kappa shape index (κ2) is 4.62. The number of hydrogen-bond donors (Lipinski definition) is 1. The van der Waals surface area contributed by atoms with Crippen molar-refractivity contribution in [3.8, 4) is 11.4 Å². The number of carbonyl (C=O) groups excluding carboxylic acids is 1. The molecular weight excluding hydrogens is 240 g/mol. The molecule has 0 fully saturated rings. The summed E-state index contributed by atoms with van der Waals surface area (Å²) in [5.74, 6) is 1.31. The van der Waals surface area contributed by atoms with Gasteiger partial charge in [-0.05, 0) is 13.0 Å². The van der Waals surface area contributed by atoms with E-state index in [0.29, 0.717) is 11.0 Å². The highest BCUT2D eigenvalue weighted by Gasteiger charge is 2.14. The molecule has 0 unspecified atom stereocenters. The molecule has 1 amide bonds. The lowest BCUT2D eigenvalue weighted by Gasteiger charge is -2.01. The van der Waals surface area contributed by atoms with Gasteiger partial charge in [0.05, 0.1) is 17.6 Å². The van der Waals surface area contributed by atoms with Crippen LogP contribution >= 0.6 is 11.8 Å². The Bertz CT molecular complexity index is 546. The van der Waals surface area contributed by atoms with Crippen LogP contribution in [-0.2, 0) is 11.8 Å². The van der Waals surface area contributed by atoms with Gasteiger partial charge in [0.15, 0.2) is 11.0 Å². The van der Waals surface area contributed by atoms with E-state index in [-0.39, 0.29) is 11.7 Å². The third-order valence-corrected chi connectivity index (χ3v) is 3.32. The van der Waals surface area contributed by atoms with Crippen LogP contribution in [0.4, 0.5) is 0 Å². The first kappa shape index (κ1) is 11.7. The highest BCUT2D eigenvalue weighted by atomic mass is 32.2. The van der Waals surface area contributed by atoms with Gasteiger partial charge in [0.2, 0.25) is 5.91 Å². The minimum absolute atomic E-state index is 0.191. The van der Waals surface area contributed by atoms with Gasteiger partial charge in [-0.2, -0.15) is 0 Å². The van der Waals surface area contributed by atoms with E-state index in [1.54, 1.807) is 6.26 Å². The van der Waals surface area contributed by atoms with Crippen molar-refractivity contribution < 1.29 is 9.21 Å². The molecule has 0 spiro atoms. The molecule has 0 radical (unpaired) electrons. The van der Waals surface area contributed by atoms with Crippen LogP contribution in [0.1, 0.15) is 5.76 Å². The normalized spacial score (nSPS) is 10.7. The zero-order valence-electron chi connectivity index (χ0n) is 9.51. The smallest absolute Gasteiger partial charge is 0.227 e. The molecule has 0 aliphatic heterocycles. The van der Waals surface area contributed by atoms with Crippen LogP contribution < -0.4 is 5.73 Å². The van der Waals surface area contributed by atoms with Gasteiger partial charge in [0, 0.05) is 7.05 Å². The van der Waals surface area contributed by atoms with Crippen LogP contribution in [0.25, 0.3) is 11.4 Å². The van der Waals surface area contributed by atoms with Gasteiger partial charge in [-0.15, -0.1) is 10.2 Å². The van der Waals surface area contributed by atoms with Crippen molar-refractivity contribution >= 4 is 17.7 Å². The quantitative estimate of drug-likeness (QED) is 0.819. The highest BCUT2D eigenvalue weighted by molar-refractivity contribution is 7.99. The lowest BCUT2D eigenvalue weighted by molar-refractivity contribution is -0.115. The summed E-state index contributed by atoms with van der Waals surface area (Å²) in [4.78, 5) is 10.7. The monoisotopic (exact) mass is 252 g/mol. The van der Waals surface area contributed by atoms with Crippen molar-refractivity contribution in [3.63, 3.8) is 0 Å². The van der Waals surface area contributed by atoms with Gasteiger partial charge in [0.1, 0.15) is 5.76 Å². The molecular formula is C10H12N4O2S. The number of aromatic nitrogens is 3. The fourth-order valence-corrected chi connectivity index (χ4v) is 2.08. The van der Waals surface area contributed by atoms with E-state index in [4.69, 9.17) is 10.2 Å². The molecule has 0 aliphatic rings. The Morgan fingerprint density at radius 3 is 2.94 bits per heavy atom. The SMILES string of the molecule is Cc1occc1-c1nnc(SCC(N)=O)n1C. The number of nitrogens with two attached hydrogens (primary N) is 1. The maximum absolute atomic E-state index is 10.7. The minimum Gasteiger partial charge on any atom is -0.469 e. The lowest BCUT2D eigenvalue weighted by atomic mass is 10.2. The summed E-state index contributed by atoms with van der Waals surface area (Å²) in [6.07, 6.45) is 1.61. The Hall–Kier alpha value is -1.76. The van der Waals surface area contributed by atoms with Crippen molar-refractivity contribution in [1.82, 2.24) is 14.8 Å². The molecule has 2 heterocycles. The van der Waals surface area contributed by atoms with Gasteiger partial charge in [-0.3, -0.25) is 4.79 Å². The Kier molecular flexibility index (Phi) is 3.19. The fourth-order valence-electron chi connectivity index (χ4n) is 1.43. The summed E-state index contributed by atoms with van der Waals surface area (Å²) in [5, 5.41) is 8.74. The molecule has 0 saturated heterocycles. The summed E-state index contributed by atoms with van der Waals surface area (Å²) in [5.41, 5.74) is 5.98. The van der Waals surface area contributed by atoms with E-state index in [2.05, 4.69) is 10.2 Å². The number of furan rings is 1. The summed E-state index contributed by atoms with van der Waals surface area (Å²) in [6, 6.07) is 1.84. The van der Waals surface area contributed by atoms with Gasteiger partial charge in [-0.25, -0.2) is 0 Å². The minimum atomic E-state index is -0.376. The number of carbonyl (C=O) groups is 1. The van der Waals surface area contributed by atoms with Crippen molar-refractivity contribution in [2.24, 2.45) is 12.8 Å². The number of hydrogen-bond acceptors (Lipinski definition) is 5. The van der Waals surface area contributed by atoms with Crippen molar-refractivity contribution in [3.05, 3.63) is 18.1 Å². The van der Waals surface area contributed by atoms with Crippen LogP contribution in [-0.4, -0.2) is 26.4 Å². The first-order valence-electron chi connectivity index (χ1n) is 4.94. The van der Waals surface area contributed by atoms with Crippen LogP contribution in [0.15, 0.2) is 21.9 Å². The van der Waals surface area contributed by atoms with Crippen molar-refractivity contribution in [2.45, 2.75) is 12.1 Å². The molecule has 2 N–H and O–H groups in total. The number of aryl methyl sites for hydroxylation is 1. The molecule has 90 valence electrons. The predicted octanol–water partition coefficient (Wildman–Crippen LogP) is 0.961. The average Bonchev–Trinajstić information content (AvgIpc) is 2.82. The maximum atomic E-state index is 10.7. The molecule has 7 heteroatoms. The molecule has 2 aromatic heterocycles. The standard InChI is InChI=1S/C10H12N4O2S/c1-6-7(3-4-16-6)9-12-13-10(14(9)2)17-5-8(11)15/h3-4H,5H2,1-2H3,(H2,11,15). The lowest BCUT2D eigenvalue weighted by Crippen LogP contribution is -2.13. The molecule has 6 nitrogen and oxygen atoms in total. The largest absolute Gasteiger partial charge is 0.469 e. The van der Waals surface area contributed by atoms with E-state index in [1.165, 1.54) is 11.8 Å². The summed E-state index contributed by atoms with van der Waals surface area (Å²) >= 11 is 1.26. The van der Waals surface area contributed by atoms with Gasteiger partial charge in [0.25, 0.3) is 0 Å². The second-order valence-corrected chi connectivity index (χ2v) is 4.45. The number of nitrogens with zero attached hydrogens (tertiary/aromatic N) is 3.